The van der Waals surface area contributed by atoms with E-state index in [0.29, 0.717) is 11.5 Å². The van der Waals surface area contributed by atoms with Crippen LogP contribution in [0, 0.1) is 10.1 Å². The van der Waals surface area contributed by atoms with Crippen LogP contribution in [0.25, 0.3) is 0 Å². The van der Waals surface area contributed by atoms with E-state index in [4.69, 9.17) is 13.6 Å². The van der Waals surface area contributed by atoms with Gasteiger partial charge in [-0.1, -0.05) is 0 Å². The lowest BCUT2D eigenvalue weighted by Gasteiger charge is -2.21. The Morgan fingerprint density at radius 3 is 2.10 bits per heavy atom. The summed E-state index contributed by atoms with van der Waals surface area (Å²) in [5, 5.41) is 11.3. The molecular formula is C20H18N2O7. The molecule has 0 atom stereocenters. The standard InChI is InChI=1S/C20H18N2O7/c1-2-27-20(24)15-9-14(10-16(11-15)22(25)26)19(23)21(12-17-5-3-7-28-17)13-18-6-4-8-29-18/h3-11H,2,12-13H2,1H3. The molecule has 0 fully saturated rings. The van der Waals surface area contributed by atoms with Crippen LogP contribution in [-0.2, 0) is 17.8 Å². The van der Waals surface area contributed by atoms with Gasteiger partial charge in [0.15, 0.2) is 0 Å². The molecule has 0 bridgehead atoms. The van der Waals surface area contributed by atoms with Crippen molar-refractivity contribution in [2.75, 3.05) is 6.61 Å². The molecule has 2 heterocycles. The Hall–Kier alpha value is -3.88. The molecule has 29 heavy (non-hydrogen) atoms. The van der Waals surface area contributed by atoms with Crippen LogP contribution in [0.15, 0.2) is 63.8 Å². The molecule has 0 saturated heterocycles. The number of ether oxygens (including phenoxy) is 1. The first-order valence-electron chi connectivity index (χ1n) is 8.78. The van der Waals surface area contributed by atoms with E-state index in [2.05, 4.69) is 0 Å². The van der Waals surface area contributed by atoms with E-state index in [1.165, 1.54) is 23.5 Å². The molecule has 0 aliphatic rings. The second-order valence-corrected chi connectivity index (χ2v) is 6.07. The first-order valence-corrected chi connectivity index (χ1v) is 8.78. The topological polar surface area (TPSA) is 116 Å². The minimum Gasteiger partial charge on any atom is -0.467 e. The Bertz CT molecular complexity index is 958. The Kier molecular flexibility index (Phi) is 6.08. The van der Waals surface area contributed by atoms with Gasteiger partial charge >= 0.3 is 5.97 Å². The van der Waals surface area contributed by atoms with Gasteiger partial charge < -0.3 is 18.5 Å². The van der Waals surface area contributed by atoms with Gasteiger partial charge in [0, 0.05) is 17.7 Å². The van der Waals surface area contributed by atoms with Crippen molar-refractivity contribution >= 4 is 17.6 Å². The Labute approximate surface area is 165 Å². The number of nitrogens with zero attached hydrogens (tertiary/aromatic N) is 2. The van der Waals surface area contributed by atoms with Crippen LogP contribution >= 0.6 is 0 Å². The summed E-state index contributed by atoms with van der Waals surface area (Å²) in [5.41, 5.74) is -0.462. The van der Waals surface area contributed by atoms with Crippen molar-refractivity contribution in [2.24, 2.45) is 0 Å². The first-order chi connectivity index (χ1) is 14.0. The van der Waals surface area contributed by atoms with Crippen LogP contribution in [0.4, 0.5) is 5.69 Å². The largest absolute Gasteiger partial charge is 0.467 e. The summed E-state index contributed by atoms with van der Waals surface area (Å²) >= 11 is 0. The van der Waals surface area contributed by atoms with Crippen LogP contribution in [0.2, 0.25) is 0 Å². The molecule has 1 aromatic carbocycles. The van der Waals surface area contributed by atoms with Gasteiger partial charge in [0.05, 0.1) is 42.7 Å². The van der Waals surface area contributed by atoms with Crippen molar-refractivity contribution in [1.29, 1.82) is 0 Å². The van der Waals surface area contributed by atoms with Gasteiger partial charge in [-0.25, -0.2) is 4.79 Å². The number of nitro groups is 1. The van der Waals surface area contributed by atoms with E-state index in [0.717, 1.165) is 12.1 Å². The molecule has 0 unspecified atom stereocenters. The van der Waals surface area contributed by atoms with Gasteiger partial charge in [-0.2, -0.15) is 0 Å². The molecular weight excluding hydrogens is 380 g/mol. The molecule has 3 rings (SSSR count). The molecule has 3 aromatic rings. The zero-order valence-corrected chi connectivity index (χ0v) is 15.6. The summed E-state index contributed by atoms with van der Waals surface area (Å²) < 4.78 is 15.5. The number of rotatable bonds is 8. The van der Waals surface area contributed by atoms with E-state index in [1.807, 2.05) is 0 Å². The molecule has 2 aromatic heterocycles. The van der Waals surface area contributed by atoms with Gasteiger partial charge in [0.25, 0.3) is 11.6 Å². The second kappa shape index (κ2) is 8.87. The number of amides is 1. The van der Waals surface area contributed by atoms with Gasteiger partial charge in [0.2, 0.25) is 0 Å². The van der Waals surface area contributed by atoms with Gasteiger partial charge in [-0.05, 0) is 37.3 Å². The first kappa shape index (κ1) is 19.9. The zero-order valence-electron chi connectivity index (χ0n) is 15.6. The van der Waals surface area contributed by atoms with E-state index in [9.17, 15) is 19.7 Å². The fraction of sp³-hybridized carbons (Fsp3) is 0.200. The maximum Gasteiger partial charge on any atom is 0.338 e. The van der Waals surface area contributed by atoms with E-state index in [1.54, 1.807) is 31.2 Å². The number of non-ortho nitro benzene ring substituents is 1. The molecule has 9 nitrogen and oxygen atoms in total. The van der Waals surface area contributed by atoms with E-state index >= 15 is 0 Å². The van der Waals surface area contributed by atoms with Crippen molar-refractivity contribution in [3.63, 3.8) is 0 Å². The molecule has 0 aliphatic carbocycles. The lowest BCUT2D eigenvalue weighted by molar-refractivity contribution is -0.384. The Morgan fingerprint density at radius 2 is 1.62 bits per heavy atom. The number of furan rings is 2. The van der Waals surface area contributed by atoms with E-state index < -0.39 is 16.8 Å². The van der Waals surface area contributed by atoms with Crippen molar-refractivity contribution in [2.45, 2.75) is 20.0 Å². The van der Waals surface area contributed by atoms with Crippen LogP contribution < -0.4 is 0 Å². The maximum absolute atomic E-state index is 13.2. The molecule has 9 heteroatoms. The normalized spacial score (nSPS) is 10.5. The Balaban J connectivity index is 1.96. The van der Waals surface area contributed by atoms with Crippen molar-refractivity contribution < 1.29 is 28.1 Å². The minimum absolute atomic E-state index is 0.0136. The van der Waals surface area contributed by atoms with Crippen LogP contribution in [-0.4, -0.2) is 28.3 Å². The third-order valence-corrected chi connectivity index (χ3v) is 4.03. The van der Waals surface area contributed by atoms with Gasteiger partial charge in [-0.3, -0.25) is 14.9 Å². The molecule has 0 aliphatic heterocycles. The molecule has 0 N–H and O–H groups in total. The minimum atomic E-state index is -0.742. The third-order valence-electron chi connectivity index (χ3n) is 4.03. The highest BCUT2D eigenvalue weighted by Gasteiger charge is 2.24. The summed E-state index contributed by atoms with van der Waals surface area (Å²) in [4.78, 5) is 37.3. The molecule has 0 spiro atoms. The van der Waals surface area contributed by atoms with Gasteiger partial charge in [0.1, 0.15) is 11.5 Å². The predicted molar refractivity (Wildman–Crippen MR) is 100 cm³/mol. The Morgan fingerprint density at radius 1 is 1.03 bits per heavy atom. The number of carbonyl (C=O) groups excluding carboxylic acids is 2. The molecule has 150 valence electrons. The summed E-state index contributed by atoms with van der Waals surface area (Å²) in [6.45, 7) is 1.96. The number of benzene rings is 1. The average molecular weight is 398 g/mol. The highest BCUT2D eigenvalue weighted by atomic mass is 16.6. The lowest BCUT2D eigenvalue weighted by Crippen LogP contribution is -2.30. The van der Waals surface area contributed by atoms with Gasteiger partial charge in [-0.15, -0.1) is 0 Å². The smallest absolute Gasteiger partial charge is 0.338 e. The second-order valence-electron chi connectivity index (χ2n) is 6.07. The van der Waals surface area contributed by atoms with Crippen molar-refractivity contribution in [3.8, 4) is 0 Å². The maximum atomic E-state index is 13.2. The lowest BCUT2D eigenvalue weighted by atomic mass is 10.1. The van der Waals surface area contributed by atoms with Crippen LogP contribution in [0.1, 0.15) is 39.2 Å². The summed E-state index contributed by atoms with van der Waals surface area (Å²) in [6, 6.07) is 10.3. The highest BCUT2D eigenvalue weighted by Crippen LogP contribution is 2.22. The highest BCUT2D eigenvalue weighted by molar-refractivity contribution is 5.99. The number of esters is 1. The monoisotopic (exact) mass is 398 g/mol. The zero-order chi connectivity index (χ0) is 20.8. The number of hydrogen-bond acceptors (Lipinski definition) is 7. The summed E-state index contributed by atoms with van der Waals surface area (Å²) in [7, 11) is 0. The van der Waals surface area contributed by atoms with Crippen LogP contribution in [0.3, 0.4) is 0 Å². The summed E-state index contributed by atoms with van der Waals surface area (Å²) in [5.74, 6) is -0.206. The third kappa shape index (κ3) is 4.89. The molecule has 1 amide bonds. The fourth-order valence-corrected chi connectivity index (χ4v) is 2.74. The van der Waals surface area contributed by atoms with Crippen molar-refractivity contribution in [3.05, 3.63) is 87.8 Å². The van der Waals surface area contributed by atoms with Crippen LogP contribution in [0.5, 0.6) is 0 Å². The average Bonchev–Trinajstić information content (AvgIpc) is 3.41. The molecule has 0 radical (unpaired) electrons. The molecule has 0 saturated carbocycles. The quantitative estimate of drug-likeness (QED) is 0.322. The predicted octanol–water partition coefficient (Wildman–Crippen LogP) is 3.80. The number of hydrogen-bond donors (Lipinski definition) is 0. The number of nitro benzene ring substituents is 1. The van der Waals surface area contributed by atoms with Crippen molar-refractivity contribution in [1.82, 2.24) is 4.90 Å². The van der Waals surface area contributed by atoms with E-state index in [-0.39, 0.29) is 36.5 Å². The summed E-state index contributed by atoms with van der Waals surface area (Å²) in [6.07, 6.45) is 2.97. The SMILES string of the molecule is CCOC(=O)c1cc(C(=O)N(Cc2ccco2)Cc2ccco2)cc([N+](=O)[O-])c1. The fourth-order valence-electron chi connectivity index (χ4n) is 2.74. The number of carbonyl (C=O) groups is 2.